The van der Waals surface area contributed by atoms with Gasteiger partial charge in [0.05, 0.1) is 11.9 Å². The highest BCUT2D eigenvalue weighted by molar-refractivity contribution is 7.85. The molecule has 0 spiro atoms. The van der Waals surface area contributed by atoms with Crippen molar-refractivity contribution in [1.29, 1.82) is 0 Å². The smallest absolute Gasteiger partial charge is 0.266 e. The normalized spacial score (nSPS) is 42.9. The van der Waals surface area contributed by atoms with E-state index in [0.29, 0.717) is 48.2 Å². The number of ketones is 1. The fraction of sp³-hybridized carbons (Fsp3) is 0.923. The minimum atomic E-state index is -4.07. The number of fused-ring (bicyclic) bond motifs is 5. The molecule has 0 aromatic heterocycles. The van der Waals surface area contributed by atoms with Crippen molar-refractivity contribution in [2.45, 2.75) is 91.1 Å². The van der Waals surface area contributed by atoms with E-state index in [0.717, 1.165) is 51.4 Å². The van der Waals surface area contributed by atoms with Gasteiger partial charge in [-0.3, -0.25) is 14.1 Å². The number of Topliss-reactive ketones (excluding diaryl/α,β-unsaturated/α-hetero) is 1. The maximum atomic E-state index is 13.5. The molecule has 4 saturated carbocycles. The molecule has 4 aliphatic rings. The molecule has 8 heteroatoms. The number of aliphatic hydroxyl groups is 1. The van der Waals surface area contributed by atoms with Crippen LogP contribution in [0.4, 0.5) is 0 Å². The SMILES string of the molecule is C[C@H](CCC(=O)NCCS(=O)(=O)O)[C@H]1CC[C@H]2[C@@H]3C(=O)CC4C[C@H](O)CC[C@]4(C)[C@H]3CC[C@]12C. The second-order valence-electron chi connectivity index (χ2n) is 12.4. The van der Waals surface area contributed by atoms with Crippen molar-refractivity contribution >= 4 is 21.8 Å². The average Bonchev–Trinajstić information content (AvgIpc) is 3.09. The van der Waals surface area contributed by atoms with Crippen LogP contribution in [0.3, 0.4) is 0 Å². The first-order chi connectivity index (χ1) is 15.8. The molecule has 9 atom stereocenters. The molecular weight excluding hydrogens is 454 g/mol. The Morgan fingerprint density at radius 3 is 2.50 bits per heavy atom. The summed E-state index contributed by atoms with van der Waals surface area (Å²) in [4.78, 5) is 25.7. The molecular formula is C26H43NO6S. The van der Waals surface area contributed by atoms with Crippen molar-refractivity contribution in [3.05, 3.63) is 0 Å². The molecule has 0 heterocycles. The summed E-state index contributed by atoms with van der Waals surface area (Å²) in [5.41, 5.74) is 0.290. The molecule has 0 aromatic carbocycles. The van der Waals surface area contributed by atoms with Crippen molar-refractivity contribution in [1.82, 2.24) is 5.32 Å². The Bertz CT molecular complexity index is 905. The van der Waals surface area contributed by atoms with Gasteiger partial charge in [0.25, 0.3) is 10.1 Å². The van der Waals surface area contributed by atoms with E-state index in [9.17, 15) is 23.1 Å². The maximum absolute atomic E-state index is 13.5. The van der Waals surface area contributed by atoms with E-state index in [2.05, 4.69) is 26.1 Å². The van der Waals surface area contributed by atoms with Crippen LogP contribution in [0.15, 0.2) is 0 Å². The topological polar surface area (TPSA) is 121 Å². The predicted octanol–water partition coefficient (Wildman–Crippen LogP) is 3.61. The summed E-state index contributed by atoms with van der Waals surface area (Å²) in [7, 11) is -4.07. The zero-order valence-corrected chi connectivity index (χ0v) is 21.8. The number of hydrogen-bond donors (Lipinski definition) is 3. The highest BCUT2D eigenvalue weighted by Gasteiger charge is 2.63. The van der Waals surface area contributed by atoms with Gasteiger partial charge in [-0.15, -0.1) is 0 Å². The summed E-state index contributed by atoms with van der Waals surface area (Å²) in [5.74, 6) is 1.95. The second kappa shape index (κ2) is 9.47. The van der Waals surface area contributed by atoms with E-state index in [-0.39, 0.29) is 35.3 Å². The van der Waals surface area contributed by atoms with Crippen LogP contribution >= 0.6 is 0 Å². The van der Waals surface area contributed by atoms with E-state index in [1.165, 1.54) is 0 Å². The molecule has 194 valence electrons. The van der Waals surface area contributed by atoms with Gasteiger partial charge in [0.2, 0.25) is 5.91 Å². The lowest BCUT2D eigenvalue weighted by Crippen LogP contribution is -2.57. The molecule has 0 aromatic rings. The third-order valence-electron chi connectivity index (χ3n) is 10.7. The molecule has 0 saturated heterocycles. The average molecular weight is 498 g/mol. The number of amides is 1. The van der Waals surface area contributed by atoms with Gasteiger partial charge in [0.1, 0.15) is 5.78 Å². The maximum Gasteiger partial charge on any atom is 0.266 e. The Morgan fingerprint density at radius 2 is 1.79 bits per heavy atom. The van der Waals surface area contributed by atoms with E-state index >= 15 is 0 Å². The Labute approximate surface area is 204 Å². The van der Waals surface area contributed by atoms with Crippen LogP contribution in [0, 0.1) is 46.3 Å². The predicted molar refractivity (Wildman–Crippen MR) is 129 cm³/mol. The van der Waals surface area contributed by atoms with Gasteiger partial charge in [-0.05, 0) is 91.8 Å². The van der Waals surface area contributed by atoms with Gasteiger partial charge in [-0.1, -0.05) is 20.8 Å². The minimum Gasteiger partial charge on any atom is -0.393 e. The molecule has 4 aliphatic carbocycles. The van der Waals surface area contributed by atoms with E-state index in [1.54, 1.807) is 0 Å². The zero-order valence-electron chi connectivity index (χ0n) is 21.0. The lowest BCUT2D eigenvalue weighted by atomic mass is 9.44. The Balaban J connectivity index is 1.39. The highest BCUT2D eigenvalue weighted by Crippen LogP contribution is 2.67. The van der Waals surface area contributed by atoms with Crippen molar-refractivity contribution in [2.24, 2.45) is 46.3 Å². The van der Waals surface area contributed by atoms with Gasteiger partial charge in [0, 0.05) is 25.3 Å². The number of aliphatic hydroxyl groups excluding tert-OH is 1. The van der Waals surface area contributed by atoms with Gasteiger partial charge < -0.3 is 10.4 Å². The summed E-state index contributed by atoms with van der Waals surface area (Å²) in [6.07, 6.45) is 8.54. The van der Waals surface area contributed by atoms with Crippen molar-refractivity contribution < 1.29 is 27.7 Å². The number of carbonyl (C=O) groups is 2. The summed E-state index contributed by atoms with van der Waals surface area (Å²) < 4.78 is 30.5. The quantitative estimate of drug-likeness (QED) is 0.462. The van der Waals surface area contributed by atoms with E-state index < -0.39 is 15.9 Å². The Morgan fingerprint density at radius 1 is 1.12 bits per heavy atom. The molecule has 3 N–H and O–H groups in total. The number of carbonyl (C=O) groups excluding carboxylic acids is 2. The second-order valence-corrected chi connectivity index (χ2v) is 14.0. The molecule has 1 unspecified atom stereocenters. The molecule has 0 radical (unpaired) electrons. The van der Waals surface area contributed by atoms with Crippen LogP contribution in [0.2, 0.25) is 0 Å². The summed E-state index contributed by atoms with van der Waals surface area (Å²) in [6, 6.07) is 0. The minimum absolute atomic E-state index is 0.0722. The van der Waals surface area contributed by atoms with Gasteiger partial charge in [0.15, 0.2) is 0 Å². The molecule has 0 bridgehead atoms. The summed E-state index contributed by atoms with van der Waals surface area (Å²) in [5, 5.41) is 12.8. The first-order valence-corrected chi connectivity index (χ1v) is 14.9. The monoisotopic (exact) mass is 497 g/mol. The highest BCUT2D eigenvalue weighted by atomic mass is 32.2. The van der Waals surface area contributed by atoms with Crippen molar-refractivity contribution in [2.75, 3.05) is 12.3 Å². The molecule has 7 nitrogen and oxygen atoms in total. The first kappa shape index (κ1) is 26.1. The molecule has 34 heavy (non-hydrogen) atoms. The number of hydrogen-bond acceptors (Lipinski definition) is 5. The molecule has 4 rings (SSSR count). The van der Waals surface area contributed by atoms with Crippen LogP contribution in [0.1, 0.15) is 85.0 Å². The van der Waals surface area contributed by atoms with E-state index in [4.69, 9.17) is 4.55 Å². The Kier molecular flexibility index (Phi) is 7.27. The number of rotatable bonds is 7. The third kappa shape index (κ3) is 4.83. The first-order valence-electron chi connectivity index (χ1n) is 13.3. The Hall–Kier alpha value is -0.990. The van der Waals surface area contributed by atoms with Crippen molar-refractivity contribution in [3.63, 3.8) is 0 Å². The lowest BCUT2D eigenvalue weighted by molar-refractivity contribution is -0.160. The largest absolute Gasteiger partial charge is 0.393 e. The zero-order chi connectivity index (χ0) is 24.9. The van der Waals surface area contributed by atoms with Crippen LogP contribution < -0.4 is 5.32 Å². The van der Waals surface area contributed by atoms with Crippen LogP contribution in [0.25, 0.3) is 0 Å². The molecule has 1 amide bonds. The third-order valence-corrected chi connectivity index (χ3v) is 11.4. The van der Waals surface area contributed by atoms with Crippen LogP contribution in [-0.4, -0.2) is 48.2 Å². The standard InChI is InChI=1S/C26H43NO6S/c1-16(4-7-23(30)27-12-13-34(31,32)33)19-5-6-20-24-21(9-11-26(19,20)3)25(2)10-8-18(28)14-17(25)15-22(24)29/h16-21,24,28H,4-15H2,1-3H3,(H,27,30)(H,31,32,33)/t16-,17?,18-,19-,20+,21+,24+,25+,26-/m1/s1. The fourth-order valence-corrected chi connectivity index (χ4v) is 9.21. The van der Waals surface area contributed by atoms with E-state index in [1.807, 2.05) is 0 Å². The van der Waals surface area contributed by atoms with Gasteiger partial charge in [-0.25, -0.2) is 0 Å². The summed E-state index contributed by atoms with van der Waals surface area (Å²) in [6.45, 7) is 6.93. The number of nitrogens with one attached hydrogen (secondary N) is 1. The molecule has 4 fully saturated rings. The summed E-state index contributed by atoms with van der Waals surface area (Å²) >= 11 is 0. The van der Waals surface area contributed by atoms with Gasteiger partial charge >= 0.3 is 0 Å². The van der Waals surface area contributed by atoms with Crippen molar-refractivity contribution in [3.8, 4) is 0 Å². The van der Waals surface area contributed by atoms with Crippen LogP contribution in [0.5, 0.6) is 0 Å². The lowest BCUT2D eigenvalue weighted by Gasteiger charge is -2.60. The molecule has 0 aliphatic heterocycles. The fourth-order valence-electron chi connectivity index (χ4n) is 8.85. The van der Waals surface area contributed by atoms with Crippen LogP contribution in [-0.2, 0) is 19.7 Å². The van der Waals surface area contributed by atoms with Gasteiger partial charge in [-0.2, -0.15) is 8.42 Å².